The van der Waals surface area contributed by atoms with Gasteiger partial charge in [-0.1, -0.05) is 12.5 Å². The third kappa shape index (κ3) is 4.09. The van der Waals surface area contributed by atoms with Crippen molar-refractivity contribution in [2.24, 2.45) is 11.7 Å². The van der Waals surface area contributed by atoms with Gasteiger partial charge in [0.05, 0.1) is 11.2 Å². The molecule has 1 aromatic heterocycles. The quantitative estimate of drug-likeness (QED) is 0.877. The number of hydrogen-bond donors (Lipinski definition) is 2. The van der Waals surface area contributed by atoms with Crippen LogP contribution in [0.4, 0.5) is 5.69 Å². The number of halogens is 2. The summed E-state index contributed by atoms with van der Waals surface area (Å²) in [7, 11) is 0. The van der Waals surface area contributed by atoms with E-state index in [1.807, 2.05) is 30.3 Å². The van der Waals surface area contributed by atoms with Crippen molar-refractivity contribution in [2.75, 3.05) is 5.32 Å². The Morgan fingerprint density at radius 2 is 2.00 bits per heavy atom. The van der Waals surface area contributed by atoms with Gasteiger partial charge in [-0.15, -0.1) is 24.8 Å². The maximum atomic E-state index is 12.4. The van der Waals surface area contributed by atoms with Gasteiger partial charge in [-0.2, -0.15) is 0 Å². The standard InChI is InChI=1S/C16H19N3O.2ClH/c17-12-5-1-4-11(10-12)16(20)19-15-8-2-7-14-13(15)6-3-9-18-14;;/h2-3,6-9,11-12H,1,4-5,10,17H2,(H,19,20);2*1H. The fourth-order valence-corrected chi connectivity index (χ4v) is 2.91. The molecule has 120 valence electrons. The molecule has 1 saturated carbocycles. The third-order valence-corrected chi connectivity index (χ3v) is 3.99. The molecule has 4 nitrogen and oxygen atoms in total. The first kappa shape index (κ1) is 18.7. The Balaban J connectivity index is 0.00000121. The summed E-state index contributed by atoms with van der Waals surface area (Å²) in [6, 6.07) is 9.80. The number of rotatable bonds is 2. The van der Waals surface area contributed by atoms with Gasteiger partial charge in [0.2, 0.25) is 5.91 Å². The second-order valence-corrected chi connectivity index (χ2v) is 5.49. The molecule has 0 saturated heterocycles. The molecule has 6 heteroatoms. The fourth-order valence-electron chi connectivity index (χ4n) is 2.91. The van der Waals surface area contributed by atoms with Crippen LogP contribution < -0.4 is 11.1 Å². The minimum absolute atomic E-state index is 0. The molecule has 2 atom stereocenters. The Morgan fingerprint density at radius 1 is 1.18 bits per heavy atom. The van der Waals surface area contributed by atoms with Gasteiger partial charge in [0.25, 0.3) is 0 Å². The predicted molar refractivity (Wildman–Crippen MR) is 94.8 cm³/mol. The number of benzene rings is 1. The van der Waals surface area contributed by atoms with Crippen LogP contribution in [0.25, 0.3) is 10.9 Å². The SMILES string of the molecule is Cl.Cl.NC1CCCC(C(=O)Nc2cccc3ncccc23)C1. The minimum atomic E-state index is 0. The highest BCUT2D eigenvalue weighted by atomic mass is 35.5. The normalized spacial score (nSPS) is 20.6. The van der Waals surface area contributed by atoms with Crippen LogP contribution in [0, 0.1) is 5.92 Å². The Hall–Kier alpha value is -1.36. The van der Waals surface area contributed by atoms with Gasteiger partial charge in [-0.25, -0.2) is 0 Å². The molecule has 0 spiro atoms. The molecule has 0 aliphatic heterocycles. The van der Waals surface area contributed by atoms with Gasteiger partial charge in [0.1, 0.15) is 0 Å². The zero-order chi connectivity index (χ0) is 13.9. The Labute approximate surface area is 142 Å². The van der Waals surface area contributed by atoms with E-state index >= 15 is 0 Å². The van der Waals surface area contributed by atoms with Gasteiger partial charge in [-0.05, 0) is 43.5 Å². The van der Waals surface area contributed by atoms with E-state index in [9.17, 15) is 4.79 Å². The largest absolute Gasteiger partial charge is 0.328 e. The Morgan fingerprint density at radius 3 is 2.77 bits per heavy atom. The van der Waals surface area contributed by atoms with Crippen LogP contribution in [0.15, 0.2) is 36.5 Å². The molecule has 1 aliphatic rings. The van der Waals surface area contributed by atoms with Crippen molar-refractivity contribution in [1.82, 2.24) is 4.98 Å². The molecule has 3 N–H and O–H groups in total. The maximum absolute atomic E-state index is 12.4. The molecular weight excluding hydrogens is 321 g/mol. The van der Waals surface area contributed by atoms with Crippen molar-refractivity contribution in [3.8, 4) is 0 Å². The molecule has 1 heterocycles. The van der Waals surface area contributed by atoms with Crippen molar-refractivity contribution >= 4 is 47.3 Å². The highest BCUT2D eigenvalue weighted by Gasteiger charge is 2.25. The molecule has 1 amide bonds. The van der Waals surface area contributed by atoms with Gasteiger partial charge < -0.3 is 11.1 Å². The first-order chi connectivity index (χ1) is 9.74. The predicted octanol–water partition coefficient (Wildman–Crippen LogP) is 3.53. The van der Waals surface area contributed by atoms with E-state index in [1.54, 1.807) is 6.20 Å². The maximum Gasteiger partial charge on any atom is 0.227 e. The number of carbonyl (C=O) groups is 1. The topological polar surface area (TPSA) is 68.0 Å². The van der Waals surface area contributed by atoms with Gasteiger partial charge in [0, 0.05) is 23.5 Å². The molecule has 22 heavy (non-hydrogen) atoms. The number of nitrogens with zero attached hydrogens (tertiary/aromatic N) is 1. The van der Waals surface area contributed by atoms with Crippen LogP contribution in [-0.2, 0) is 4.79 Å². The molecular formula is C16H21Cl2N3O. The second-order valence-electron chi connectivity index (χ2n) is 5.49. The van der Waals surface area contributed by atoms with Crippen LogP contribution in [-0.4, -0.2) is 16.9 Å². The first-order valence-corrected chi connectivity index (χ1v) is 7.14. The molecule has 1 aromatic carbocycles. The van der Waals surface area contributed by atoms with Gasteiger partial charge in [0.15, 0.2) is 0 Å². The lowest BCUT2D eigenvalue weighted by Gasteiger charge is -2.25. The summed E-state index contributed by atoms with van der Waals surface area (Å²) in [5.74, 6) is 0.113. The lowest BCUT2D eigenvalue weighted by molar-refractivity contribution is -0.120. The molecule has 1 fully saturated rings. The summed E-state index contributed by atoms with van der Waals surface area (Å²) in [5, 5.41) is 4.02. The number of carbonyl (C=O) groups excluding carboxylic acids is 1. The second kappa shape index (κ2) is 8.32. The molecule has 3 rings (SSSR count). The minimum Gasteiger partial charge on any atom is -0.328 e. The lowest BCUT2D eigenvalue weighted by Crippen LogP contribution is -2.34. The number of nitrogens with one attached hydrogen (secondary N) is 1. The van der Waals surface area contributed by atoms with E-state index in [4.69, 9.17) is 5.73 Å². The van der Waals surface area contributed by atoms with Crippen LogP contribution in [0.3, 0.4) is 0 Å². The summed E-state index contributed by atoms with van der Waals surface area (Å²) >= 11 is 0. The first-order valence-electron chi connectivity index (χ1n) is 7.14. The van der Waals surface area contributed by atoms with Crippen molar-refractivity contribution in [2.45, 2.75) is 31.7 Å². The summed E-state index contributed by atoms with van der Waals surface area (Å²) < 4.78 is 0. The van der Waals surface area contributed by atoms with Gasteiger partial charge >= 0.3 is 0 Å². The number of amides is 1. The average molecular weight is 342 g/mol. The number of pyridine rings is 1. The zero-order valence-electron chi connectivity index (χ0n) is 12.2. The van der Waals surface area contributed by atoms with Crippen LogP contribution in [0.2, 0.25) is 0 Å². The van der Waals surface area contributed by atoms with Crippen LogP contribution >= 0.6 is 24.8 Å². The van der Waals surface area contributed by atoms with E-state index in [-0.39, 0.29) is 42.7 Å². The number of hydrogen-bond acceptors (Lipinski definition) is 3. The smallest absolute Gasteiger partial charge is 0.227 e. The highest BCUT2D eigenvalue weighted by molar-refractivity contribution is 6.01. The summed E-state index contributed by atoms with van der Waals surface area (Å²) in [6.45, 7) is 0. The van der Waals surface area contributed by atoms with E-state index < -0.39 is 0 Å². The van der Waals surface area contributed by atoms with Crippen LogP contribution in [0.5, 0.6) is 0 Å². The fraction of sp³-hybridized carbons (Fsp3) is 0.375. The molecule has 1 aliphatic carbocycles. The molecule has 0 radical (unpaired) electrons. The van der Waals surface area contributed by atoms with E-state index in [0.717, 1.165) is 42.3 Å². The van der Waals surface area contributed by atoms with Crippen molar-refractivity contribution in [3.05, 3.63) is 36.5 Å². The van der Waals surface area contributed by atoms with Gasteiger partial charge in [-0.3, -0.25) is 9.78 Å². The summed E-state index contributed by atoms with van der Waals surface area (Å²) in [6.07, 6.45) is 5.55. The third-order valence-electron chi connectivity index (χ3n) is 3.99. The number of fused-ring (bicyclic) bond motifs is 1. The summed E-state index contributed by atoms with van der Waals surface area (Å²) in [4.78, 5) is 16.7. The van der Waals surface area contributed by atoms with E-state index in [0.29, 0.717) is 0 Å². The molecule has 0 bridgehead atoms. The number of nitrogens with two attached hydrogens (primary N) is 1. The van der Waals surface area contributed by atoms with Crippen LogP contribution in [0.1, 0.15) is 25.7 Å². The highest BCUT2D eigenvalue weighted by Crippen LogP contribution is 2.26. The number of aromatic nitrogens is 1. The Bertz CT molecular complexity index is 630. The number of anilines is 1. The van der Waals surface area contributed by atoms with E-state index in [1.165, 1.54) is 0 Å². The van der Waals surface area contributed by atoms with E-state index in [2.05, 4.69) is 10.3 Å². The molecule has 2 aromatic rings. The van der Waals surface area contributed by atoms with Crippen molar-refractivity contribution in [3.63, 3.8) is 0 Å². The van der Waals surface area contributed by atoms with Crippen molar-refractivity contribution < 1.29 is 4.79 Å². The average Bonchev–Trinajstić information content (AvgIpc) is 2.47. The molecule has 2 unspecified atom stereocenters. The Kier molecular flexibility index (Phi) is 7.07. The zero-order valence-corrected chi connectivity index (χ0v) is 13.8. The summed E-state index contributed by atoms with van der Waals surface area (Å²) in [5.41, 5.74) is 7.68. The lowest BCUT2D eigenvalue weighted by atomic mass is 9.85. The van der Waals surface area contributed by atoms with Crippen molar-refractivity contribution in [1.29, 1.82) is 0 Å². The monoisotopic (exact) mass is 341 g/mol.